The van der Waals surface area contributed by atoms with Gasteiger partial charge in [0.25, 0.3) is 0 Å². The number of para-hydroxylation sites is 1. The van der Waals surface area contributed by atoms with Crippen LogP contribution in [0, 0.1) is 0 Å². The molecule has 8 heteroatoms. The first-order valence-corrected chi connectivity index (χ1v) is 12.5. The number of methoxy groups -OCH3 is 1. The van der Waals surface area contributed by atoms with E-state index >= 15 is 0 Å². The summed E-state index contributed by atoms with van der Waals surface area (Å²) in [5, 5.41) is 11.5. The number of rotatable bonds is 6. The van der Waals surface area contributed by atoms with Gasteiger partial charge in [-0.15, -0.1) is 16.4 Å². The number of halogens is 1. The highest BCUT2D eigenvalue weighted by molar-refractivity contribution is 9.10. The van der Waals surface area contributed by atoms with Crippen molar-refractivity contribution in [2.24, 2.45) is 10.2 Å². The maximum atomic E-state index is 12.9. The molecule has 174 valence electrons. The second-order valence-corrected chi connectivity index (χ2v) is 9.44. The van der Waals surface area contributed by atoms with Gasteiger partial charge < -0.3 is 13.7 Å². The Hall–Kier alpha value is -3.75. The molecule has 2 aromatic heterocycles. The van der Waals surface area contributed by atoms with Crippen molar-refractivity contribution in [3.63, 3.8) is 0 Å². The molecular weight excluding hydrogens is 526 g/mol. The van der Waals surface area contributed by atoms with Gasteiger partial charge in [0.2, 0.25) is 4.80 Å². The van der Waals surface area contributed by atoms with Crippen LogP contribution in [0.5, 0.6) is 5.75 Å². The van der Waals surface area contributed by atoms with Crippen LogP contribution in [-0.2, 0) is 6.54 Å². The molecule has 0 aliphatic carbocycles. The molecule has 0 atom stereocenters. The number of thiazole rings is 1. The Labute approximate surface area is 213 Å². The Morgan fingerprint density at radius 3 is 2.69 bits per heavy atom. The average Bonchev–Trinajstić information content (AvgIpc) is 3.26. The van der Waals surface area contributed by atoms with Crippen molar-refractivity contribution in [1.82, 2.24) is 4.57 Å². The summed E-state index contributed by atoms with van der Waals surface area (Å²) in [6.07, 6.45) is 1.66. The molecule has 0 saturated carbocycles. The zero-order chi connectivity index (χ0) is 24.2. The van der Waals surface area contributed by atoms with Crippen LogP contribution in [0.3, 0.4) is 0 Å². The van der Waals surface area contributed by atoms with Crippen LogP contribution in [0.4, 0.5) is 0 Å². The Kier molecular flexibility index (Phi) is 6.74. The van der Waals surface area contributed by atoms with Crippen molar-refractivity contribution in [2.75, 3.05) is 7.11 Å². The molecule has 0 aliphatic rings. The topological polar surface area (TPSA) is 69.1 Å². The summed E-state index contributed by atoms with van der Waals surface area (Å²) < 4.78 is 13.9. The second kappa shape index (κ2) is 10.2. The van der Waals surface area contributed by atoms with Gasteiger partial charge in [0.1, 0.15) is 11.3 Å². The molecule has 0 aliphatic heterocycles. The van der Waals surface area contributed by atoms with E-state index in [0.29, 0.717) is 22.5 Å². The van der Waals surface area contributed by atoms with E-state index in [9.17, 15) is 4.79 Å². The summed E-state index contributed by atoms with van der Waals surface area (Å²) in [4.78, 5) is 13.6. The van der Waals surface area contributed by atoms with Gasteiger partial charge in [-0.2, -0.15) is 5.10 Å². The molecule has 35 heavy (non-hydrogen) atoms. The molecule has 0 bridgehead atoms. The highest BCUT2D eigenvalue weighted by Crippen LogP contribution is 2.25. The fourth-order valence-corrected chi connectivity index (χ4v) is 4.96. The third-order valence-corrected chi connectivity index (χ3v) is 6.78. The largest absolute Gasteiger partial charge is 0.496 e. The van der Waals surface area contributed by atoms with Crippen molar-refractivity contribution < 1.29 is 9.15 Å². The molecule has 0 N–H and O–H groups in total. The van der Waals surface area contributed by atoms with E-state index in [-0.39, 0.29) is 0 Å². The average molecular weight is 546 g/mol. The summed E-state index contributed by atoms with van der Waals surface area (Å²) in [6, 6.07) is 25.0. The Balaban J connectivity index is 1.63. The van der Waals surface area contributed by atoms with Gasteiger partial charge in [-0.25, -0.2) is 4.79 Å². The highest BCUT2D eigenvalue weighted by Gasteiger charge is 2.15. The minimum atomic E-state index is -0.400. The van der Waals surface area contributed by atoms with Gasteiger partial charge >= 0.3 is 5.63 Å². The van der Waals surface area contributed by atoms with Crippen LogP contribution in [0.15, 0.2) is 108 Å². The first-order valence-electron chi connectivity index (χ1n) is 10.8. The van der Waals surface area contributed by atoms with Crippen LogP contribution < -0.4 is 15.2 Å². The Bertz CT molecular complexity index is 1650. The smallest absolute Gasteiger partial charge is 0.345 e. The number of hydrogen-bond acceptors (Lipinski definition) is 6. The van der Waals surface area contributed by atoms with Crippen LogP contribution in [-0.4, -0.2) is 17.9 Å². The summed E-state index contributed by atoms with van der Waals surface area (Å²) >= 11 is 4.90. The van der Waals surface area contributed by atoms with E-state index in [2.05, 4.69) is 26.1 Å². The SMILES string of the molecule is COc1ccccc1/C=N/N=c1\scc(-c2cc3cc(Br)ccc3oc2=O)n1Cc1ccccc1. The summed E-state index contributed by atoms with van der Waals surface area (Å²) in [5.74, 6) is 0.718. The maximum absolute atomic E-state index is 12.9. The first-order chi connectivity index (χ1) is 17.1. The molecular formula is C27H20BrN3O3S. The molecule has 0 amide bonds. The molecule has 5 rings (SSSR count). The molecule has 0 spiro atoms. The first kappa shape index (κ1) is 23.0. The number of benzene rings is 3. The molecule has 6 nitrogen and oxygen atoms in total. The summed E-state index contributed by atoms with van der Waals surface area (Å²) in [6.45, 7) is 0.526. The molecule has 0 radical (unpaired) electrons. The van der Waals surface area contributed by atoms with Gasteiger partial charge in [-0.05, 0) is 42.0 Å². The van der Waals surface area contributed by atoms with E-state index in [1.54, 1.807) is 19.4 Å². The number of fused-ring (bicyclic) bond motifs is 1. The van der Waals surface area contributed by atoms with Crippen LogP contribution in [0.2, 0.25) is 0 Å². The van der Waals surface area contributed by atoms with Crippen molar-refractivity contribution in [3.05, 3.63) is 115 Å². The van der Waals surface area contributed by atoms with E-state index in [1.165, 1.54) is 11.3 Å². The molecule has 3 aromatic carbocycles. The van der Waals surface area contributed by atoms with E-state index < -0.39 is 5.63 Å². The fourth-order valence-electron chi connectivity index (χ4n) is 3.73. The number of hydrogen-bond donors (Lipinski definition) is 0. The minimum absolute atomic E-state index is 0.400. The molecule has 5 aromatic rings. The van der Waals surface area contributed by atoms with Crippen molar-refractivity contribution in [1.29, 1.82) is 0 Å². The van der Waals surface area contributed by atoms with Gasteiger partial charge in [0.15, 0.2) is 0 Å². The summed E-state index contributed by atoms with van der Waals surface area (Å²) in [7, 11) is 1.62. The van der Waals surface area contributed by atoms with Gasteiger partial charge in [-0.3, -0.25) is 0 Å². The zero-order valence-corrected chi connectivity index (χ0v) is 21.1. The van der Waals surface area contributed by atoms with Gasteiger partial charge in [-0.1, -0.05) is 58.4 Å². The quantitative estimate of drug-likeness (QED) is 0.147. The summed E-state index contributed by atoms with van der Waals surface area (Å²) in [5.41, 5.74) is 3.24. The van der Waals surface area contributed by atoms with E-state index in [1.807, 2.05) is 82.7 Å². The van der Waals surface area contributed by atoms with E-state index in [4.69, 9.17) is 9.15 Å². The lowest BCUT2D eigenvalue weighted by Gasteiger charge is -2.09. The third-order valence-electron chi connectivity index (χ3n) is 5.43. The lowest BCUT2D eigenvalue weighted by atomic mass is 10.1. The lowest BCUT2D eigenvalue weighted by Crippen LogP contribution is -2.18. The predicted molar refractivity (Wildman–Crippen MR) is 143 cm³/mol. The minimum Gasteiger partial charge on any atom is -0.496 e. The van der Waals surface area contributed by atoms with E-state index in [0.717, 1.165) is 32.4 Å². The van der Waals surface area contributed by atoms with Crippen LogP contribution in [0.1, 0.15) is 11.1 Å². The number of nitrogens with zero attached hydrogens (tertiary/aromatic N) is 3. The standard InChI is InChI=1S/C27H20BrN3O3S/c1-33-24-10-6-5-9-19(24)15-29-30-27-31(16-18-7-3-2-4-8-18)23(17-35-27)22-14-20-13-21(28)11-12-25(20)34-26(22)32/h2-15,17H,16H2,1H3/b29-15+,30-27-. The normalized spacial score (nSPS) is 12.0. The van der Waals surface area contributed by atoms with Crippen LogP contribution in [0.25, 0.3) is 22.2 Å². The molecule has 0 saturated heterocycles. The van der Waals surface area contributed by atoms with Crippen molar-refractivity contribution in [3.8, 4) is 17.0 Å². The number of aromatic nitrogens is 1. The lowest BCUT2D eigenvalue weighted by molar-refractivity contribution is 0.414. The zero-order valence-electron chi connectivity index (χ0n) is 18.7. The van der Waals surface area contributed by atoms with Crippen molar-refractivity contribution >= 4 is 44.5 Å². The van der Waals surface area contributed by atoms with Gasteiger partial charge in [0.05, 0.1) is 31.1 Å². The molecule has 2 heterocycles. The molecule has 0 unspecified atom stereocenters. The molecule has 0 fully saturated rings. The second-order valence-electron chi connectivity index (χ2n) is 7.69. The van der Waals surface area contributed by atoms with Gasteiger partial charge in [0, 0.05) is 20.8 Å². The monoisotopic (exact) mass is 545 g/mol. The van der Waals surface area contributed by atoms with Crippen LogP contribution >= 0.6 is 27.3 Å². The third kappa shape index (κ3) is 5.03. The Morgan fingerprint density at radius 2 is 1.86 bits per heavy atom. The van der Waals surface area contributed by atoms with Crippen molar-refractivity contribution in [2.45, 2.75) is 6.54 Å². The highest BCUT2D eigenvalue weighted by atomic mass is 79.9. The predicted octanol–water partition coefficient (Wildman–Crippen LogP) is 6.08. The number of ether oxygens (including phenoxy) is 1. The maximum Gasteiger partial charge on any atom is 0.345 e. The Morgan fingerprint density at radius 1 is 1.06 bits per heavy atom. The fraction of sp³-hybridized carbons (Fsp3) is 0.0741.